The molecule has 0 saturated heterocycles. The summed E-state index contributed by atoms with van der Waals surface area (Å²) in [6.07, 6.45) is 45.9. The quantitative estimate of drug-likeness (QED) is 0.0635. The lowest BCUT2D eigenvalue weighted by Gasteiger charge is -2.23. The smallest absolute Gasteiger partial charge is 0.0578 e. The third-order valence-corrected chi connectivity index (χ3v) is 11.0. The molecule has 0 saturated carbocycles. The molecule has 1 N–H and O–H groups in total. The van der Waals surface area contributed by atoms with Crippen LogP contribution < -0.4 is 5.32 Å². The molecule has 0 aromatic rings. The van der Waals surface area contributed by atoms with Crippen molar-refractivity contribution in [1.82, 2.24) is 10.2 Å². The molecule has 0 aliphatic heterocycles. The van der Waals surface area contributed by atoms with Gasteiger partial charge in [0.1, 0.15) is 0 Å². The van der Waals surface area contributed by atoms with Crippen LogP contribution >= 0.6 is 0 Å². The summed E-state index contributed by atoms with van der Waals surface area (Å²) < 4.78 is 12.6. The highest BCUT2D eigenvalue weighted by Gasteiger charge is 2.13. The Morgan fingerprint density at radius 2 is 0.784 bits per heavy atom. The molecule has 1 atom stereocenters. The molecule has 308 valence electrons. The van der Waals surface area contributed by atoms with Crippen LogP contribution in [0.15, 0.2) is 0 Å². The Labute approximate surface area is 323 Å². The van der Waals surface area contributed by atoms with Crippen molar-refractivity contribution >= 4 is 0 Å². The SMILES string of the molecule is CCCCCCCCCOCCCCCCCCN(CCCCCCCC(C)OC(CCCCCCCC)CCCCCCCC)CCNCC. The summed E-state index contributed by atoms with van der Waals surface area (Å²) in [7, 11) is 0. The van der Waals surface area contributed by atoms with E-state index in [-0.39, 0.29) is 0 Å². The van der Waals surface area contributed by atoms with Crippen molar-refractivity contribution in [1.29, 1.82) is 0 Å². The molecule has 0 aromatic carbocycles. The fraction of sp³-hybridized carbons (Fsp3) is 1.00. The minimum absolute atomic E-state index is 0.421. The number of likely N-dealkylation sites (N-methyl/N-ethyl adjacent to an activating group) is 1. The topological polar surface area (TPSA) is 33.7 Å². The highest BCUT2D eigenvalue weighted by atomic mass is 16.5. The third-order valence-electron chi connectivity index (χ3n) is 11.0. The van der Waals surface area contributed by atoms with Gasteiger partial charge >= 0.3 is 0 Å². The fourth-order valence-corrected chi connectivity index (χ4v) is 7.54. The van der Waals surface area contributed by atoms with Gasteiger partial charge in [0.05, 0.1) is 12.2 Å². The van der Waals surface area contributed by atoms with Gasteiger partial charge in [-0.3, -0.25) is 0 Å². The van der Waals surface area contributed by atoms with Gasteiger partial charge in [-0.25, -0.2) is 0 Å². The van der Waals surface area contributed by atoms with Crippen LogP contribution in [0.3, 0.4) is 0 Å². The molecule has 0 radical (unpaired) electrons. The number of rotatable bonds is 45. The molecule has 0 heterocycles. The van der Waals surface area contributed by atoms with Gasteiger partial charge in [-0.1, -0.05) is 195 Å². The first-order chi connectivity index (χ1) is 25.2. The molecule has 1 unspecified atom stereocenters. The van der Waals surface area contributed by atoms with Crippen molar-refractivity contribution in [3.05, 3.63) is 0 Å². The Balaban J connectivity index is 4.02. The lowest BCUT2D eigenvalue weighted by molar-refractivity contribution is -0.0180. The second-order valence-electron chi connectivity index (χ2n) is 16.3. The van der Waals surface area contributed by atoms with Crippen molar-refractivity contribution in [2.45, 2.75) is 259 Å². The highest BCUT2D eigenvalue weighted by Crippen LogP contribution is 2.20. The summed E-state index contributed by atoms with van der Waals surface area (Å²) in [6.45, 7) is 19.4. The highest BCUT2D eigenvalue weighted by molar-refractivity contribution is 4.65. The normalized spacial score (nSPS) is 12.5. The summed E-state index contributed by atoms with van der Waals surface area (Å²) in [5, 5.41) is 3.55. The van der Waals surface area contributed by atoms with Gasteiger partial charge in [0, 0.05) is 26.3 Å². The van der Waals surface area contributed by atoms with E-state index in [1.807, 2.05) is 0 Å². The van der Waals surface area contributed by atoms with Gasteiger partial charge in [0.2, 0.25) is 0 Å². The van der Waals surface area contributed by atoms with E-state index in [1.54, 1.807) is 0 Å². The molecule has 0 rings (SSSR count). The van der Waals surface area contributed by atoms with Crippen LogP contribution in [-0.4, -0.2) is 63.0 Å². The van der Waals surface area contributed by atoms with Gasteiger partial charge in [0.15, 0.2) is 0 Å². The molecule has 51 heavy (non-hydrogen) atoms. The second-order valence-corrected chi connectivity index (χ2v) is 16.3. The predicted molar refractivity (Wildman–Crippen MR) is 230 cm³/mol. The van der Waals surface area contributed by atoms with Crippen LogP contribution in [0.1, 0.15) is 247 Å². The number of hydrogen-bond donors (Lipinski definition) is 1. The molecule has 4 nitrogen and oxygen atoms in total. The molecular weight excluding hydrogens is 625 g/mol. The van der Waals surface area contributed by atoms with Crippen molar-refractivity contribution < 1.29 is 9.47 Å². The maximum Gasteiger partial charge on any atom is 0.0578 e. The lowest BCUT2D eigenvalue weighted by atomic mass is 10.0. The Morgan fingerprint density at radius 1 is 0.412 bits per heavy atom. The van der Waals surface area contributed by atoms with Gasteiger partial charge in [-0.2, -0.15) is 0 Å². The van der Waals surface area contributed by atoms with E-state index in [9.17, 15) is 0 Å². The Hall–Kier alpha value is -0.160. The Kier molecular flexibility index (Phi) is 44.1. The molecule has 0 aliphatic rings. The molecular formula is C47H98N2O2. The van der Waals surface area contributed by atoms with Crippen LogP contribution in [0, 0.1) is 0 Å². The molecule has 0 spiro atoms. The monoisotopic (exact) mass is 723 g/mol. The van der Waals surface area contributed by atoms with Gasteiger partial charge in [-0.05, 0) is 71.5 Å². The lowest BCUT2D eigenvalue weighted by Crippen LogP contribution is -2.33. The molecule has 0 aromatic heterocycles. The average molecular weight is 723 g/mol. The van der Waals surface area contributed by atoms with Crippen molar-refractivity contribution in [3.8, 4) is 0 Å². The fourth-order valence-electron chi connectivity index (χ4n) is 7.54. The van der Waals surface area contributed by atoms with Crippen molar-refractivity contribution in [2.24, 2.45) is 0 Å². The van der Waals surface area contributed by atoms with E-state index < -0.39 is 0 Å². The molecule has 0 aliphatic carbocycles. The molecule has 0 bridgehead atoms. The van der Waals surface area contributed by atoms with Crippen LogP contribution in [0.5, 0.6) is 0 Å². The third kappa shape index (κ3) is 40.9. The maximum atomic E-state index is 6.70. The summed E-state index contributed by atoms with van der Waals surface area (Å²) in [6, 6.07) is 0. The number of nitrogens with one attached hydrogen (secondary N) is 1. The Morgan fingerprint density at radius 3 is 1.22 bits per heavy atom. The summed E-state index contributed by atoms with van der Waals surface area (Å²) in [5.74, 6) is 0. The minimum atomic E-state index is 0.421. The molecule has 0 amide bonds. The van der Waals surface area contributed by atoms with E-state index in [0.29, 0.717) is 12.2 Å². The van der Waals surface area contributed by atoms with Gasteiger partial charge in [0.25, 0.3) is 0 Å². The van der Waals surface area contributed by atoms with Crippen LogP contribution in [0.25, 0.3) is 0 Å². The maximum absolute atomic E-state index is 6.70. The van der Waals surface area contributed by atoms with E-state index in [4.69, 9.17) is 9.47 Å². The van der Waals surface area contributed by atoms with Crippen LogP contribution in [0.2, 0.25) is 0 Å². The van der Waals surface area contributed by atoms with Gasteiger partial charge in [-0.15, -0.1) is 0 Å². The summed E-state index contributed by atoms with van der Waals surface area (Å²) >= 11 is 0. The largest absolute Gasteiger partial charge is 0.381 e. The molecule has 0 fully saturated rings. The summed E-state index contributed by atoms with van der Waals surface area (Å²) in [4.78, 5) is 2.74. The van der Waals surface area contributed by atoms with Crippen molar-refractivity contribution in [3.63, 3.8) is 0 Å². The zero-order valence-electron chi connectivity index (χ0n) is 36.2. The first-order valence-corrected chi connectivity index (χ1v) is 23.8. The van der Waals surface area contributed by atoms with E-state index in [0.717, 1.165) is 26.3 Å². The predicted octanol–water partition coefficient (Wildman–Crippen LogP) is 14.6. The van der Waals surface area contributed by atoms with Crippen molar-refractivity contribution in [2.75, 3.05) is 45.9 Å². The first kappa shape index (κ1) is 50.8. The second kappa shape index (κ2) is 44.2. The van der Waals surface area contributed by atoms with Gasteiger partial charge < -0.3 is 19.7 Å². The number of unbranched alkanes of at least 4 members (excludes halogenated alkanes) is 25. The summed E-state index contributed by atoms with van der Waals surface area (Å²) in [5.41, 5.74) is 0. The van der Waals surface area contributed by atoms with Crippen LogP contribution in [0.4, 0.5) is 0 Å². The standard InChI is InChI=1S/C47H98N2O2/c1-6-10-13-16-20-28-35-44-50-45-36-29-21-19-26-33-41-49(43-40-48-9-4)42-34-27-22-23-30-37-46(5)51-47(38-31-24-17-14-11-7-2)39-32-25-18-15-12-8-3/h46-48H,6-45H2,1-5H3. The van der Waals surface area contributed by atoms with E-state index in [2.05, 4.69) is 44.8 Å². The van der Waals surface area contributed by atoms with E-state index >= 15 is 0 Å². The number of ether oxygens (including phenoxy) is 2. The number of hydrogen-bond acceptors (Lipinski definition) is 4. The number of nitrogens with zero attached hydrogens (tertiary/aromatic N) is 1. The molecule has 4 heteroatoms. The van der Waals surface area contributed by atoms with E-state index in [1.165, 1.54) is 232 Å². The average Bonchev–Trinajstić information content (AvgIpc) is 3.13. The Bertz CT molecular complexity index is 601. The minimum Gasteiger partial charge on any atom is -0.381 e. The van der Waals surface area contributed by atoms with Crippen LogP contribution in [-0.2, 0) is 9.47 Å². The first-order valence-electron chi connectivity index (χ1n) is 23.8. The zero-order chi connectivity index (χ0) is 37.1. The zero-order valence-corrected chi connectivity index (χ0v) is 36.2.